The van der Waals surface area contributed by atoms with Crippen molar-refractivity contribution in [3.63, 3.8) is 0 Å². The molecule has 1 heterocycles. The molecule has 18 heavy (non-hydrogen) atoms. The average molecular weight is 270 g/mol. The summed E-state index contributed by atoms with van der Waals surface area (Å²) in [6, 6.07) is 3.65. The van der Waals surface area contributed by atoms with Gasteiger partial charge in [0.1, 0.15) is 0 Å². The van der Waals surface area contributed by atoms with Crippen LogP contribution in [0.3, 0.4) is 0 Å². The first kappa shape index (κ1) is 14.9. The predicted octanol–water partition coefficient (Wildman–Crippen LogP) is 0.423. The molecule has 100 valence electrons. The Balaban J connectivity index is 2.46. The van der Waals surface area contributed by atoms with E-state index < -0.39 is 5.54 Å². The lowest BCUT2D eigenvalue weighted by molar-refractivity contribution is -0.121. The molecule has 1 aromatic heterocycles. The van der Waals surface area contributed by atoms with Gasteiger partial charge in [-0.1, -0.05) is 6.92 Å². The van der Waals surface area contributed by atoms with Gasteiger partial charge in [-0.25, -0.2) is 0 Å². The van der Waals surface area contributed by atoms with Crippen LogP contribution in [0.2, 0.25) is 0 Å². The van der Waals surface area contributed by atoms with E-state index in [2.05, 4.69) is 10.3 Å². The smallest absolute Gasteiger partial charge is 0.230 e. The molecule has 0 aliphatic heterocycles. The van der Waals surface area contributed by atoms with Crippen molar-refractivity contribution in [3.05, 3.63) is 24.5 Å². The minimum atomic E-state index is -0.921. The van der Waals surface area contributed by atoms with Crippen molar-refractivity contribution in [1.82, 2.24) is 10.3 Å². The standard InChI is InChI=1S/C12H18N2O3S/c1-2-12(8-15,9-16)14-11(17)7-18-10-3-5-13-6-4-10/h3-6,15-16H,2,7-9H2,1H3,(H,14,17). The third-order valence-electron chi connectivity index (χ3n) is 2.71. The van der Waals surface area contributed by atoms with Crippen molar-refractivity contribution in [2.75, 3.05) is 19.0 Å². The maximum atomic E-state index is 11.7. The second-order valence-corrected chi connectivity index (χ2v) is 5.02. The van der Waals surface area contributed by atoms with Crippen molar-refractivity contribution >= 4 is 17.7 Å². The number of aliphatic hydroxyl groups excluding tert-OH is 2. The van der Waals surface area contributed by atoms with E-state index in [4.69, 9.17) is 0 Å². The molecule has 0 radical (unpaired) electrons. The Kier molecular flexibility index (Phi) is 6.11. The highest BCUT2D eigenvalue weighted by molar-refractivity contribution is 8.00. The number of amides is 1. The van der Waals surface area contributed by atoms with Crippen LogP contribution in [0.25, 0.3) is 0 Å². The van der Waals surface area contributed by atoms with E-state index in [1.54, 1.807) is 12.4 Å². The van der Waals surface area contributed by atoms with Crippen molar-refractivity contribution in [2.24, 2.45) is 0 Å². The van der Waals surface area contributed by atoms with Crippen molar-refractivity contribution in [2.45, 2.75) is 23.8 Å². The lowest BCUT2D eigenvalue weighted by atomic mass is 9.99. The molecule has 0 aromatic carbocycles. The van der Waals surface area contributed by atoms with Crippen molar-refractivity contribution in [1.29, 1.82) is 0 Å². The first-order valence-corrected chi connectivity index (χ1v) is 6.70. The Hall–Kier alpha value is -1.11. The molecule has 0 unspecified atom stereocenters. The van der Waals surface area contributed by atoms with Crippen LogP contribution < -0.4 is 5.32 Å². The number of hydrogen-bond acceptors (Lipinski definition) is 5. The van der Waals surface area contributed by atoms with Gasteiger partial charge in [-0.15, -0.1) is 11.8 Å². The van der Waals surface area contributed by atoms with Gasteiger partial charge in [-0.2, -0.15) is 0 Å². The van der Waals surface area contributed by atoms with Gasteiger partial charge < -0.3 is 15.5 Å². The first-order chi connectivity index (χ1) is 8.65. The fraction of sp³-hybridized carbons (Fsp3) is 0.500. The Labute approximate surface area is 111 Å². The number of pyridine rings is 1. The highest BCUT2D eigenvalue weighted by Gasteiger charge is 2.28. The molecular weight excluding hydrogens is 252 g/mol. The number of carbonyl (C=O) groups is 1. The molecule has 3 N–H and O–H groups in total. The fourth-order valence-electron chi connectivity index (χ4n) is 1.36. The summed E-state index contributed by atoms with van der Waals surface area (Å²) in [5.41, 5.74) is -0.921. The number of hydrogen-bond donors (Lipinski definition) is 3. The van der Waals surface area contributed by atoms with Crippen LogP contribution in [-0.2, 0) is 4.79 Å². The number of aliphatic hydroxyl groups is 2. The van der Waals surface area contributed by atoms with Crippen LogP contribution in [0, 0.1) is 0 Å². The van der Waals surface area contributed by atoms with E-state index >= 15 is 0 Å². The SMILES string of the molecule is CCC(CO)(CO)NC(=O)CSc1ccncc1. The normalized spacial score (nSPS) is 11.3. The monoisotopic (exact) mass is 270 g/mol. The zero-order valence-electron chi connectivity index (χ0n) is 10.3. The molecule has 0 bridgehead atoms. The van der Waals surface area contributed by atoms with Gasteiger partial charge in [-0.3, -0.25) is 9.78 Å². The Morgan fingerprint density at radius 3 is 2.50 bits per heavy atom. The summed E-state index contributed by atoms with van der Waals surface area (Å²) in [5.74, 6) is 0.0351. The highest BCUT2D eigenvalue weighted by Crippen LogP contribution is 2.16. The van der Waals surface area contributed by atoms with Crippen LogP contribution in [0.5, 0.6) is 0 Å². The van der Waals surface area contributed by atoms with Crippen LogP contribution >= 0.6 is 11.8 Å². The lowest BCUT2D eigenvalue weighted by Crippen LogP contribution is -2.54. The van der Waals surface area contributed by atoms with Gasteiger partial charge in [-0.05, 0) is 18.6 Å². The minimum Gasteiger partial charge on any atom is -0.394 e. The molecule has 0 spiro atoms. The summed E-state index contributed by atoms with van der Waals surface area (Å²) in [4.78, 5) is 16.6. The maximum absolute atomic E-state index is 11.7. The molecule has 6 heteroatoms. The molecule has 0 saturated carbocycles. The van der Waals surface area contributed by atoms with Gasteiger partial charge >= 0.3 is 0 Å². The van der Waals surface area contributed by atoms with E-state index in [1.807, 2.05) is 19.1 Å². The Morgan fingerprint density at radius 2 is 2.00 bits per heavy atom. The van der Waals surface area contributed by atoms with Crippen molar-refractivity contribution < 1.29 is 15.0 Å². The number of carbonyl (C=O) groups excluding carboxylic acids is 1. The fourth-order valence-corrected chi connectivity index (χ4v) is 2.04. The molecule has 5 nitrogen and oxygen atoms in total. The zero-order chi connectivity index (χ0) is 13.4. The zero-order valence-corrected chi connectivity index (χ0v) is 11.1. The number of nitrogens with zero attached hydrogens (tertiary/aromatic N) is 1. The highest BCUT2D eigenvalue weighted by atomic mass is 32.2. The summed E-state index contributed by atoms with van der Waals surface area (Å²) >= 11 is 1.39. The Morgan fingerprint density at radius 1 is 1.39 bits per heavy atom. The number of aromatic nitrogens is 1. The molecule has 1 aromatic rings. The predicted molar refractivity (Wildman–Crippen MR) is 70.3 cm³/mol. The molecule has 1 rings (SSSR count). The van der Waals surface area contributed by atoms with Crippen LogP contribution in [0.15, 0.2) is 29.4 Å². The van der Waals surface area contributed by atoms with E-state index in [-0.39, 0.29) is 24.9 Å². The summed E-state index contributed by atoms with van der Waals surface area (Å²) in [7, 11) is 0. The van der Waals surface area contributed by atoms with Gasteiger partial charge in [0.2, 0.25) is 5.91 Å². The quantitative estimate of drug-likeness (QED) is 0.626. The van der Waals surface area contributed by atoms with Crippen LogP contribution in [0.1, 0.15) is 13.3 Å². The lowest BCUT2D eigenvalue weighted by Gasteiger charge is -2.29. The minimum absolute atomic E-state index is 0.207. The molecule has 0 aliphatic rings. The molecular formula is C12H18N2O3S. The molecule has 0 aliphatic carbocycles. The van der Waals surface area contributed by atoms with E-state index in [0.29, 0.717) is 6.42 Å². The first-order valence-electron chi connectivity index (χ1n) is 5.71. The summed E-state index contributed by atoms with van der Waals surface area (Å²) < 4.78 is 0. The second kappa shape index (κ2) is 7.35. The van der Waals surface area contributed by atoms with Crippen LogP contribution in [-0.4, -0.2) is 45.6 Å². The largest absolute Gasteiger partial charge is 0.394 e. The van der Waals surface area contributed by atoms with E-state index in [1.165, 1.54) is 11.8 Å². The average Bonchev–Trinajstić information content (AvgIpc) is 2.44. The number of nitrogens with one attached hydrogen (secondary N) is 1. The molecule has 0 saturated heterocycles. The van der Waals surface area contributed by atoms with Gasteiger partial charge in [0, 0.05) is 17.3 Å². The van der Waals surface area contributed by atoms with Gasteiger partial charge in [0.15, 0.2) is 0 Å². The van der Waals surface area contributed by atoms with E-state index in [0.717, 1.165) is 4.90 Å². The Bertz CT molecular complexity index is 361. The summed E-state index contributed by atoms with van der Waals surface area (Å²) in [5, 5.41) is 21.1. The van der Waals surface area contributed by atoms with Gasteiger partial charge in [0.25, 0.3) is 0 Å². The summed E-state index contributed by atoms with van der Waals surface area (Å²) in [6.07, 6.45) is 3.81. The number of rotatable bonds is 7. The summed E-state index contributed by atoms with van der Waals surface area (Å²) in [6.45, 7) is 1.26. The maximum Gasteiger partial charge on any atom is 0.230 e. The van der Waals surface area contributed by atoms with Gasteiger partial charge in [0.05, 0.1) is 24.5 Å². The molecule has 0 fully saturated rings. The van der Waals surface area contributed by atoms with Crippen molar-refractivity contribution in [3.8, 4) is 0 Å². The number of thioether (sulfide) groups is 1. The second-order valence-electron chi connectivity index (χ2n) is 3.97. The third-order valence-corrected chi connectivity index (χ3v) is 3.72. The van der Waals surface area contributed by atoms with Crippen LogP contribution in [0.4, 0.5) is 0 Å². The topological polar surface area (TPSA) is 82.5 Å². The van der Waals surface area contributed by atoms with E-state index in [9.17, 15) is 15.0 Å². The molecule has 1 amide bonds. The third kappa shape index (κ3) is 4.29. The molecule has 0 atom stereocenters.